The minimum absolute atomic E-state index is 0.329. The van der Waals surface area contributed by atoms with Crippen molar-refractivity contribution in [3.05, 3.63) is 42.9 Å². The minimum Gasteiger partial charge on any atom is -0.232 e. The zero-order valence-electron chi connectivity index (χ0n) is 9.35. The monoisotopic (exact) mass is 440 g/mol. The Morgan fingerprint density at radius 1 is 1.39 bits per heavy atom. The summed E-state index contributed by atoms with van der Waals surface area (Å²) in [6.07, 6.45) is 0.750. The average molecular weight is 441 g/mol. The van der Waals surface area contributed by atoms with Gasteiger partial charge in [-0.25, -0.2) is 14.4 Å². The van der Waals surface area contributed by atoms with E-state index in [9.17, 15) is 4.39 Å². The Morgan fingerprint density at radius 2 is 2.11 bits per heavy atom. The SMILES string of the molecule is CCc1nc(-c2cc(F)ccc2Br)nc(Cl)c1I. The molecule has 1 aromatic heterocycles. The van der Waals surface area contributed by atoms with Gasteiger partial charge in [0, 0.05) is 10.0 Å². The van der Waals surface area contributed by atoms with Crippen LogP contribution >= 0.6 is 50.1 Å². The highest BCUT2D eigenvalue weighted by atomic mass is 127. The molecule has 1 aromatic carbocycles. The summed E-state index contributed by atoms with van der Waals surface area (Å²) in [6, 6.07) is 4.40. The first-order valence-electron chi connectivity index (χ1n) is 5.20. The molecule has 0 aliphatic heterocycles. The molecule has 2 rings (SSSR count). The van der Waals surface area contributed by atoms with Gasteiger partial charge in [0.1, 0.15) is 11.0 Å². The van der Waals surface area contributed by atoms with E-state index in [-0.39, 0.29) is 5.82 Å². The maximum absolute atomic E-state index is 13.3. The minimum atomic E-state index is -0.329. The fourth-order valence-corrected chi connectivity index (χ4v) is 2.72. The van der Waals surface area contributed by atoms with Gasteiger partial charge in [0.25, 0.3) is 0 Å². The van der Waals surface area contributed by atoms with Gasteiger partial charge < -0.3 is 0 Å². The van der Waals surface area contributed by atoms with Crippen LogP contribution in [0, 0.1) is 9.39 Å². The molecular weight excluding hydrogens is 433 g/mol. The molecule has 0 aliphatic carbocycles. The molecule has 0 spiro atoms. The van der Waals surface area contributed by atoms with Crippen molar-refractivity contribution in [3.63, 3.8) is 0 Å². The molecule has 1 heterocycles. The first-order chi connectivity index (χ1) is 8.52. The smallest absolute Gasteiger partial charge is 0.162 e. The lowest BCUT2D eigenvalue weighted by molar-refractivity contribution is 0.628. The average Bonchev–Trinajstić information content (AvgIpc) is 2.35. The lowest BCUT2D eigenvalue weighted by atomic mass is 10.2. The summed E-state index contributed by atoms with van der Waals surface area (Å²) >= 11 is 11.6. The number of nitrogens with zero attached hydrogens (tertiary/aromatic N) is 2. The van der Waals surface area contributed by atoms with E-state index in [4.69, 9.17) is 11.6 Å². The number of aromatic nitrogens is 2. The summed E-state index contributed by atoms with van der Waals surface area (Å²) in [6.45, 7) is 1.99. The number of aryl methyl sites for hydroxylation is 1. The van der Waals surface area contributed by atoms with E-state index in [0.717, 1.165) is 20.2 Å². The Labute approximate surface area is 131 Å². The van der Waals surface area contributed by atoms with Gasteiger partial charge >= 0.3 is 0 Å². The molecule has 0 N–H and O–H groups in total. The van der Waals surface area contributed by atoms with Gasteiger partial charge in [-0.3, -0.25) is 0 Å². The molecule has 0 atom stereocenters. The van der Waals surface area contributed by atoms with Gasteiger partial charge in [-0.2, -0.15) is 0 Å². The Morgan fingerprint density at radius 3 is 2.78 bits per heavy atom. The lowest BCUT2D eigenvalue weighted by Gasteiger charge is -2.08. The van der Waals surface area contributed by atoms with Crippen LogP contribution in [0.4, 0.5) is 4.39 Å². The summed E-state index contributed by atoms with van der Waals surface area (Å²) in [5.74, 6) is 0.105. The molecule has 6 heteroatoms. The van der Waals surface area contributed by atoms with E-state index < -0.39 is 0 Å². The fraction of sp³-hybridized carbons (Fsp3) is 0.167. The predicted octanol–water partition coefficient (Wildman–Crippen LogP) is 4.87. The van der Waals surface area contributed by atoms with Crippen molar-refractivity contribution in [2.24, 2.45) is 0 Å². The van der Waals surface area contributed by atoms with Gasteiger partial charge in [-0.15, -0.1) is 0 Å². The molecule has 0 bridgehead atoms. The first kappa shape index (κ1) is 14.1. The van der Waals surface area contributed by atoms with E-state index in [0.29, 0.717) is 16.5 Å². The second kappa shape index (κ2) is 5.79. The molecule has 0 radical (unpaired) electrons. The molecule has 0 fully saturated rings. The highest BCUT2D eigenvalue weighted by Crippen LogP contribution is 2.29. The molecule has 2 nitrogen and oxygen atoms in total. The maximum Gasteiger partial charge on any atom is 0.162 e. The van der Waals surface area contributed by atoms with Gasteiger partial charge in [-0.1, -0.05) is 34.5 Å². The zero-order chi connectivity index (χ0) is 13.3. The third-order valence-electron chi connectivity index (χ3n) is 2.38. The van der Waals surface area contributed by atoms with Gasteiger partial charge in [0.05, 0.1) is 9.26 Å². The number of halogens is 4. The van der Waals surface area contributed by atoms with E-state index >= 15 is 0 Å². The van der Waals surface area contributed by atoms with Crippen molar-refractivity contribution < 1.29 is 4.39 Å². The Kier molecular flexibility index (Phi) is 4.55. The van der Waals surface area contributed by atoms with Crippen LogP contribution in [0.1, 0.15) is 12.6 Å². The lowest BCUT2D eigenvalue weighted by Crippen LogP contribution is -2.00. The topological polar surface area (TPSA) is 25.8 Å². The molecule has 0 unspecified atom stereocenters. The molecule has 18 heavy (non-hydrogen) atoms. The Balaban J connectivity index is 2.64. The van der Waals surface area contributed by atoms with E-state index in [1.165, 1.54) is 12.1 Å². The van der Waals surface area contributed by atoms with Crippen molar-refractivity contribution in [1.82, 2.24) is 9.97 Å². The molecule has 0 saturated carbocycles. The van der Waals surface area contributed by atoms with Gasteiger partial charge in [0.15, 0.2) is 5.82 Å². The van der Waals surface area contributed by atoms with Crippen molar-refractivity contribution in [2.45, 2.75) is 13.3 Å². The van der Waals surface area contributed by atoms with Crippen molar-refractivity contribution in [1.29, 1.82) is 0 Å². The van der Waals surface area contributed by atoms with Crippen LogP contribution < -0.4 is 0 Å². The quantitative estimate of drug-likeness (QED) is 0.491. The van der Waals surface area contributed by atoms with Crippen molar-refractivity contribution in [2.75, 3.05) is 0 Å². The highest BCUT2D eigenvalue weighted by molar-refractivity contribution is 14.1. The van der Waals surface area contributed by atoms with Gasteiger partial charge in [-0.05, 0) is 47.2 Å². The van der Waals surface area contributed by atoms with E-state index in [2.05, 4.69) is 48.5 Å². The molecule has 0 amide bonds. The number of hydrogen-bond acceptors (Lipinski definition) is 2. The summed E-state index contributed by atoms with van der Waals surface area (Å²) in [5.41, 5.74) is 1.46. The first-order valence-corrected chi connectivity index (χ1v) is 7.45. The number of benzene rings is 1. The highest BCUT2D eigenvalue weighted by Gasteiger charge is 2.13. The van der Waals surface area contributed by atoms with Crippen LogP contribution in [0.3, 0.4) is 0 Å². The molecule has 94 valence electrons. The normalized spacial score (nSPS) is 10.7. The standard InChI is InChI=1S/C12H8BrClFIN2/c1-2-9-10(16)11(14)18-12(17-9)7-5-6(15)3-4-8(7)13/h3-5H,2H2,1H3. The van der Waals surface area contributed by atoms with Crippen LogP contribution in [0.2, 0.25) is 5.15 Å². The predicted molar refractivity (Wildman–Crippen MR) is 82.2 cm³/mol. The molecule has 0 saturated heterocycles. The van der Waals surface area contributed by atoms with Crippen LogP contribution in [-0.2, 0) is 6.42 Å². The summed E-state index contributed by atoms with van der Waals surface area (Å²) in [4.78, 5) is 8.63. The molecule has 0 aliphatic rings. The second-order valence-corrected chi connectivity index (χ2v) is 5.87. The summed E-state index contributed by atoms with van der Waals surface area (Å²) in [5, 5.41) is 0.397. The third-order valence-corrected chi connectivity index (χ3v) is 4.80. The molecule has 2 aromatic rings. The van der Waals surface area contributed by atoms with Crippen molar-refractivity contribution >= 4 is 50.1 Å². The molecular formula is C12H8BrClFIN2. The Bertz CT molecular complexity index is 607. The largest absolute Gasteiger partial charge is 0.232 e. The summed E-state index contributed by atoms with van der Waals surface area (Å²) < 4.78 is 14.9. The van der Waals surface area contributed by atoms with Gasteiger partial charge in [0.2, 0.25) is 0 Å². The van der Waals surface area contributed by atoms with E-state index in [1.807, 2.05) is 6.92 Å². The maximum atomic E-state index is 13.3. The van der Waals surface area contributed by atoms with E-state index in [1.54, 1.807) is 6.07 Å². The van der Waals surface area contributed by atoms with Crippen LogP contribution in [0.5, 0.6) is 0 Å². The summed E-state index contributed by atoms with van der Waals surface area (Å²) in [7, 11) is 0. The third kappa shape index (κ3) is 2.83. The van der Waals surface area contributed by atoms with Crippen LogP contribution in [0.25, 0.3) is 11.4 Å². The Hall–Kier alpha value is -0.270. The van der Waals surface area contributed by atoms with Crippen LogP contribution in [0.15, 0.2) is 22.7 Å². The van der Waals surface area contributed by atoms with Crippen LogP contribution in [-0.4, -0.2) is 9.97 Å². The number of rotatable bonds is 2. The second-order valence-electron chi connectivity index (χ2n) is 3.58. The number of hydrogen-bond donors (Lipinski definition) is 0. The van der Waals surface area contributed by atoms with Crippen molar-refractivity contribution in [3.8, 4) is 11.4 Å². The zero-order valence-corrected chi connectivity index (χ0v) is 13.8. The fourth-order valence-electron chi connectivity index (χ4n) is 1.49.